The molecule has 0 bridgehead atoms. The first-order valence-electron chi connectivity index (χ1n) is 8.44. The molecule has 0 aliphatic rings. The molecule has 9 heteroatoms. The fourth-order valence-electron chi connectivity index (χ4n) is 3.11. The van der Waals surface area contributed by atoms with Crippen molar-refractivity contribution < 1.29 is 17.9 Å². The second-order valence-corrected chi connectivity index (χ2v) is 6.19. The predicted octanol–water partition coefficient (Wildman–Crippen LogP) is 3.38. The summed E-state index contributed by atoms with van der Waals surface area (Å²) in [5.41, 5.74) is 0.422. The lowest BCUT2D eigenvalue weighted by Gasteiger charge is -2.10. The van der Waals surface area contributed by atoms with E-state index in [2.05, 4.69) is 10.1 Å². The van der Waals surface area contributed by atoms with E-state index in [0.29, 0.717) is 35.4 Å². The summed E-state index contributed by atoms with van der Waals surface area (Å²) in [5.74, 6) is 0. The number of methoxy groups -OCH3 is 1. The van der Waals surface area contributed by atoms with Crippen LogP contribution in [0.3, 0.4) is 0 Å². The van der Waals surface area contributed by atoms with Gasteiger partial charge >= 0.3 is 6.18 Å². The van der Waals surface area contributed by atoms with Crippen LogP contribution in [0.5, 0.6) is 0 Å². The molecule has 0 aliphatic carbocycles. The molecule has 0 saturated heterocycles. The van der Waals surface area contributed by atoms with E-state index in [9.17, 15) is 18.0 Å². The van der Waals surface area contributed by atoms with E-state index in [0.717, 1.165) is 12.3 Å². The molecule has 0 radical (unpaired) electrons. The van der Waals surface area contributed by atoms with Crippen molar-refractivity contribution in [1.82, 2.24) is 19.2 Å². The largest absolute Gasteiger partial charge is 0.433 e. The van der Waals surface area contributed by atoms with Gasteiger partial charge in [0.25, 0.3) is 5.56 Å². The van der Waals surface area contributed by atoms with Crippen molar-refractivity contribution in [3.8, 4) is 11.3 Å². The van der Waals surface area contributed by atoms with E-state index < -0.39 is 11.9 Å². The van der Waals surface area contributed by atoms with Gasteiger partial charge in [-0.3, -0.25) is 14.3 Å². The van der Waals surface area contributed by atoms with Gasteiger partial charge in [0.2, 0.25) is 0 Å². The Bertz CT molecular complexity index is 1230. The van der Waals surface area contributed by atoms with Crippen molar-refractivity contribution in [2.45, 2.75) is 12.7 Å². The number of hydrogen-bond acceptors (Lipinski definition) is 4. The molecule has 0 atom stereocenters. The van der Waals surface area contributed by atoms with Gasteiger partial charge in [0.1, 0.15) is 11.3 Å². The highest BCUT2D eigenvalue weighted by atomic mass is 19.4. The van der Waals surface area contributed by atoms with Crippen molar-refractivity contribution in [3.05, 3.63) is 64.7 Å². The Labute approximate surface area is 156 Å². The Morgan fingerprint density at radius 1 is 1.14 bits per heavy atom. The van der Waals surface area contributed by atoms with Crippen LogP contribution in [0.25, 0.3) is 27.8 Å². The van der Waals surface area contributed by atoms with Gasteiger partial charge in [0.15, 0.2) is 0 Å². The van der Waals surface area contributed by atoms with Crippen LogP contribution in [0.1, 0.15) is 5.69 Å². The number of rotatable bonds is 4. The number of halogens is 3. The maximum Gasteiger partial charge on any atom is 0.433 e. The number of para-hydroxylation sites is 1. The monoisotopic (exact) mass is 388 g/mol. The second-order valence-electron chi connectivity index (χ2n) is 6.19. The zero-order chi connectivity index (χ0) is 19.9. The third kappa shape index (κ3) is 3.03. The van der Waals surface area contributed by atoms with Crippen LogP contribution in [0.4, 0.5) is 13.2 Å². The standard InChI is InChI=1S/C19H15F3N4O2/c1-28-9-8-25-17-11-14(12-6-7-23-16(10-12)19(20,21)22)24-26(17)15-5-3-2-4-13(15)18(25)27/h2-7,10-11H,8-9H2,1H3. The van der Waals surface area contributed by atoms with Gasteiger partial charge in [-0.05, 0) is 24.3 Å². The lowest BCUT2D eigenvalue weighted by atomic mass is 10.1. The molecular formula is C19H15F3N4O2. The smallest absolute Gasteiger partial charge is 0.383 e. The lowest BCUT2D eigenvalue weighted by Crippen LogP contribution is -2.24. The Morgan fingerprint density at radius 3 is 2.68 bits per heavy atom. The van der Waals surface area contributed by atoms with Gasteiger partial charge in [0.05, 0.1) is 29.7 Å². The second kappa shape index (κ2) is 6.75. The summed E-state index contributed by atoms with van der Waals surface area (Å²) >= 11 is 0. The predicted molar refractivity (Wildman–Crippen MR) is 97.1 cm³/mol. The highest BCUT2D eigenvalue weighted by molar-refractivity contribution is 5.81. The van der Waals surface area contributed by atoms with E-state index in [1.165, 1.54) is 17.7 Å². The Kier molecular flexibility index (Phi) is 4.38. The number of ether oxygens (including phenoxy) is 1. The fraction of sp³-hybridized carbons (Fsp3) is 0.211. The van der Waals surface area contributed by atoms with Crippen LogP contribution in [0.2, 0.25) is 0 Å². The molecule has 6 nitrogen and oxygen atoms in total. The summed E-state index contributed by atoms with van der Waals surface area (Å²) in [7, 11) is 1.53. The minimum Gasteiger partial charge on any atom is -0.383 e. The van der Waals surface area contributed by atoms with E-state index in [4.69, 9.17) is 4.74 Å². The first-order chi connectivity index (χ1) is 13.4. The highest BCUT2D eigenvalue weighted by Crippen LogP contribution is 2.30. The molecule has 0 unspecified atom stereocenters. The number of hydrogen-bond donors (Lipinski definition) is 0. The minimum absolute atomic E-state index is 0.211. The molecule has 144 valence electrons. The summed E-state index contributed by atoms with van der Waals surface area (Å²) in [6, 6.07) is 11.0. The van der Waals surface area contributed by atoms with Crippen molar-refractivity contribution in [1.29, 1.82) is 0 Å². The molecule has 4 aromatic rings. The molecule has 3 aromatic heterocycles. The zero-order valence-electron chi connectivity index (χ0n) is 14.8. The molecule has 1 aromatic carbocycles. The molecule has 0 aliphatic heterocycles. The highest BCUT2D eigenvalue weighted by Gasteiger charge is 2.32. The first kappa shape index (κ1) is 18.2. The third-order valence-corrected chi connectivity index (χ3v) is 4.44. The van der Waals surface area contributed by atoms with Crippen molar-refractivity contribution >= 4 is 16.6 Å². The molecule has 3 heterocycles. The quantitative estimate of drug-likeness (QED) is 0.538. The number of alkyl halides is 3. The van der Waals surface area contributed by atoms with Crippen LogP contribution in [0.15, 0.2) is 53.5 Å². The summed E-state index contributed by atoms with van der Waals surface area (Å²) in [6.45, 7) is 0.598. The van der Waals surface area contributed by atoms with Gasteiger partial charge in [-0.1, -0.05) is 12.1 Å². The molecular weight excluding hydrogens is 373 g/mol. The Morgan fingerprint density at radius 2 is 1.93 bits per heavy atom. The molecule has 28 heavy (non-hydrogen) atoms. The zero-order valence-corrected chi connectivity index (χ0v) is 14.8. The molecule has 0 spiro atoms. The van der Waals surface area contributed by atoms with Gasteiger partial charge in [-0.2, -0.15) is 18.3 Å². The van der Waals surface area contributed by atoms with Crippen LogP contribution >= 0.6 is 0 Å². The van der Waals surface area contributed by atoms with Crippen LogP contribution in [0, 0.1) is 0 Å². The lowest BCUT2D eigenvalue weighted by molar-refractivity contribution is -0.141. The fourth-order valence-corrected chi connectivity index (χ4v) is 3.11. The maximum absolute atomic E-state index is 13.0. The average Bonchev–Trinajstić information content (AvgIpc) is 3.13. The molecule has 4 rings (SSSR count). The number of fused-ring (bicyclic) bond motifs is 3. The van der Waals surface area contributed by atoms with E-state index in [1.54, 1.807) is 34.8 Å². The normalized spacial score (nSPS) is 12.1. The molecule has 0 N–H and O–H groups in total. The van der Waals surface area contributed by atoms with Crippen molar-refractivity contribution in [2.75, 3.05) is 13.7 Å². The summed E-state index contributed by atoms with van der Waals surface area (Å²) in [6.07, 6.45) is -3.46. The first-order valence-corrected chi connectivity index (χ1v) is 8.44. The molecule has 0 amide bonds. The van der Waals surface area contributed by atoms with Crippen LogP contribution in [-0.2, 0) is 17.5 Å². The van der Waals surface area contributed by atoms with Gasteiger partial charge in [0, 0.05) is 24.9 Å². The summed E-state index contributed by atoms with van der Waals surface area (Å²) in [5, 5.41) is 4.93. The van der Waals surface area contributed by atoms with E-state index >= 15 is 0 Å². The third-order valence-electron chi connectivity index (χ3n) is 4.44. The van der Waals surface area contributed by atoms with Gasteiger partial charge < -0.3 is 4.74 Å². The number of pyridine rings is 1. The average molecular weight is 388 g/mol. The van der Waals surface area contributed by atoms with Crippen molar-refractivity contribution in [2.24, 2.45) is 0 Å². The summed E-state index contributed by atoms with van der Waals surface area (Å²) < 4.78 is 47.2. The molecule has 0 fully saturated rings. The number of nitrogens with zero attached hydrogens (tertiary/aromatic N) is 4. The van der Waals surface area contributed by atoms with Crippen LogP contribution < -0.4 is 5.56 Å². The number of benzene rings is 1. The minimum atomic E-state index is -4.55. The van der Waals surface area contributed by atoms with Gasteiger partial charge in [-0.15, -0.1) is 0 Å². The number of aromatic nitrogens is 4. The topological polar surface area (TPSA) is 61.4 Å². The SMILES string of the molecule is COCCn1c(=O)c2ccccc2n2nc(-c3ccnc(C(F)(F)F)c3)cc12. The maximum atomic E-state index is 13.0. The van der Waals surface area contributed by atoms with E-state index in [-0.39, 0.29) is 11.1 Å². The summed E-state index contributed by atoms with van der Waals surface area (Å²) in [4.78, 5) is 16.3. The van der Waals surface area contributed by atoms with Crippen molar-refractivity contribution in [3.63, 3.8) is 0 Å². The molecule has 0 saturated carbocycles. The van der Waals surface area contributed by atoms with Gasteiger partial charge in [-0.25, -0.2) is 4.52 Å². The Hall–Kier alpha value is -3.20. The Balaban J connectivity index is 1.98. The van der Waals surface area contributed by atoms with E-state index in [1.807, 2.05) is 0 Å². The van der Waals surface area contributed by atoms with Crippen LogP contribution in [-0.4, -0.2) is 32.9 Å².